The summed E-state index contributed by atoms with van der Waals surface area (Å²) in [6.45, 7) is 0. The van der Waals surface area contributed by atoms with Crippen LogP contribution in [0.2, 0.25) is 0 Å². The van der Waals surface area contributed by atoms with Gasteiger partial charge in [0.15, 0.2) is 0 Å². The summed E-state index contributed by atoms with van der Waals surface area (Å²) in [5.74, 6) is 0. The van der Waals surface area contributed by atoms with Crippen molar-refractivity contribution in [2.75, 3.05) is 0 Å². The van der Waals surface area contributed by atoms with Gasteiger partial charge < -0.3 is 18.8 Å². The second-order valence-electron chi connectivity index (χ2n) is 0.283. The summed E-state index contributed by atoms with van der Waals surface area (Å²) in [5.41, 5.74) is 0. The summed E-state index contributed by atoms with van der Waals surface area (Å²) in [6.07, 6.45) is -1.83. The van der Waals surface area contributed by atoms with Crippen LogP contribution in [0.4, 0.5) is 14.2 Å². The van der Waals surface area contributed by atoms with E-state index in [9.17, 15) is 0 Å². The zero-order valence-electron chi connectivity index (χ0n) is 10.7. The van der Waals surface area contributed by atoms with Crippen LogP contribution in [-0.4, -0.2) is 163 Å². The summed E-state index contributed by atoms with van der Waals surface area (Å²) >= 11 is 0. The molecule has 0 saturated heterocycles. The number of carboxylic acid groups (broad SMARTS) is 2. The van der Waals surface area contributed by atoms with Gasteiger partial charge in [0.25, 0.3) is 0 Å². The van der Waals surface area contributed by atoms with Gasteiger partial charge in [0.1, 0.15) is 0 Å². The fraction of sp³-hybridized carbons (Fsp3) is 0. The smallest absolute Gasteiger partial charge is 1.00 e. The van der Waals surface area contributed by atoms with Crippen molar-refractivity contribution in [3.8, 4) is 0 Å². The molecule has 0 atom stereocenters. The van der Waals surface area contributed by atoms with Crippen molar-refractivity contribution in [3.63, 3.8) is 0 Å². The van der Waals surface area contributed by atoms with Crippen LogP contribution in [0.25, 0.3) is 0 Å². The largest absolute Gasteiger partial charge is 2.00 e. The third-order valence-corrected chi connectivity index (χ3v) is 0. The van der Waals surface area contributed by atoms with Crippen molar-refractivity contribution < 1.29 is 33.0 Å². The van der Waals surface area contributed by atoms with Gasteiger partial charge in [0, 0.05) is 0 Å². The Morgan fingerprint density at radius 1 is 1.00 bits per heavy atom. The van der Waals surface area contributed by atoms with E-state index >= 15 is 0 Å². The Morgan fingerprint density at radius 2 is 1.00 bits per heavy atom. The molecule has 2 N–H and O–H groups in total. The summed E-state index contributed by atoms with van der Waals surface area (Å²) in [4.78, 5) is 8.56. The van der Waals surface area contributed by atoms with Crippen LogP contribution < -0.4 is 0 Å². The Labute approximate surface area is 181 Å². The van der Waals surface area contributed by atoms with Crippen LogP contribution in [0.1, 0.15) is 8.56 Å². The standard InChI is InChI=1S/CH2O3.3Ba.2FH.6H/c2-1(3)4;;;;;;;;;;;/h(H2,2,3,4);;;;2*1H;;;;;;/q;3*+2;;;6*-1. The zero-order chi connectivity index (χ0) is 3.58. The summed E-state index contributed by atoms with van der Waals surface area (Å²) in [7, 11) is 0. The fourth-order valence-corrected chi connectivity index (χ4v) is 0. The van der Waals surface area contributed by atoms with E-state index in [0.717, 1.165) is 0 Å². The first kappa shape index (κ1) is 38.5. The molecule has 0 aromatic carbocycles. The monoisotopic (exact) mass is 522 g/mol. The van der Waals surface area contributed by atoms with E-state index in [1.54, 1.807) is 0 Å². The van der Waals surface area contributed by atoms with Crippen LogP contribution in [0.15, 0.2) is 0 Å². The number of hydrogen-bond acceptors (Lipinski definition) is 1. The van der Waals surface area contributed by atoms with Crippen molar-refractivity contribution in [2.24, 2.45) is 0 Å². The first-order valence-electron chi connectivity index (χ1n) is 0.651. The average molecular weight is 520 g/mol. The second-order valence-corrected chi connectivity index (χ2v) is 0.283. The van der Waals surface area contributed by atoms with Gasteiger partial charge in [-0.15, -0.1) is 0 Å². The minimum absolute atomic E-state index is 0. The van der Waals surface area contributed by atoms with Gasteiger partial charge in [0.2, 0.25) is 0 Å². The molecule has 0 radical (unpaired) electrons. The van der Waals surface area contributed by atoms with Crippen LogP contribution in [0.5, 0.6) is 0 Å². The third-order valence-electron chi connectivity index (χ3n) is 0. The first-order valence-corrected chi connectivity index (χ1v) is 0.651. The summed E-state index contributed by atoms with van der Waals surface area (Å²) in [6, 6.07) is 0. The molecular formula is CH10Ba3F2O3. The van der Waals surface area contributed by atoms with Gasteiger partial charge in [-0.05, 0) is 0 Å². The Hall–Kier alpha value is 3.84. The minimum atomic E-state index is -1.83. The molecule has 0 aliphatic carbocycles. The zero-order valence-corrected chi connectivity index (χ0v) is 18.1. The van der Waals surface area contributed by atoms with Crippen molar-refractivity contribution >= 4 is 153 Å². The minimum Gasteiger partial charge on any atom is -1.00 e. The average Bonchev–Trinajstić information content (AvgIpc) is 0.811. The van der Waals surface area contributed by atoms with E-state index in [4.69, 9.17) is 15.0 Å². The Bertz CT molecular complexity index is 54.6. The van der Waals surface area contributed by atoms with Crippen molar-refractivity contribution in [2.45, 2.75) is 0 Å². The Balaban J connectivity index is -0.000000000818. The maximum absolute atomic E-state index is 8.56. The third kappa shape index (κ3) is 77.7. The molecule has 0 saturated carbocycles. The molecule has 0 aromatic rings. The topological polar surface area (TPSA) is 57.5 Å². The maximum atomic E-state index is 8.56. The maximum Gasteiger partial charge on any atom is 2.00 e. The summed E-state index contributed by atoms with van der Waals surface area (Å²) in [5, 5.41) is 13.9. The van der Waals surface area contributed by atoms with Gasteiger partial charge in [0.05, 0.1) is 0 Å². The van der Waals surface area contributed by atoms with Gasteiger partial charge >= 0.3 is 153 Å². The quantitative estimate of drug-likeness (QED) is 0.445. The van der Waals surface area contributed by atoms with Crippen molar-refractivity contribution in [1.82, 2.24) is 0 Å². The first-order chi connectivity index (χ1) is 1.73. The van der Waals surface area contributed by atoms with Crippen LogP contribution in [-0.2, 0) is 0 Å². The fourth-order valence-electron chi connectivity index (χ4n) is 0. The molecule has 0 rings (SSSR count). The molecule has 0 fully saturated rings. The van der Waals surface area contributed by atoms with E-state index in [0.29, 0.717) is 0 Å². The van der Waals surface area contributed by atoms with E-state index in [-0.39, 0.29) is 165 Å². The molecule has 0 aliphatic heterocycles. The molecule has 0 spiro atoms. The molecule has 0 bridgehead atoms. The Kier molecular flexibility index (Phi) is 127. The molecule has 8 heteroatoms. The molecule has 0 heterocycles. The van der Waals surface area contributed by atoms with E-state index in [1.165, 1.54) is 0 Å². The normalized spacial score (nSPS) is 2.67. The number of rotatable bonds is 0. The predicted molar refractivity (Wildman–Crippen MR) is 39.6 cm³/mol. The van der Waals surface area contributed by atoms with Gasteiger partial charge in [-0.3, -0.25) is 9.41 Å². The second kappa shape index (κ2) is 29.7. The molecule has 0 aromatic heterocycles. The molecule has 52 valence electrons. The number of hydrogen-bond donors (Lipinski definition) is 2. The van der Waals surface area contributed by atoms with E-state index < -0.39 is 6.16 Å². The van der Waals surface area contributed by atoms with E-state index in [2.05, 4.69) is 0 Å². The van der Waals surface area contributed by atoms with Crippen molar-refractivity contribution in [1.29, 1.82) is 0 Å². The summed E-state index contributed by atoms with van der Waals surface area (Å²) < 4.78 is 0. The van der Waals surface area contributed by atoms with Gasteiger partial charge in [-0.25, -0.2) is 4.79 Å². The van der Waals surface area contributed by atoms with Gasteiger partial charge in [-0.1, -0.05) is 0 Å². The SMILES string of the molecule is F.F.O=C(O)O.[Ba+2].[Ba+2].[Ba+2].[H-].[H-].[H-].[H-].[H-].[H-]. The number of halogens is 2. The molecular weight excluding hydrogens is 510 g/mol. The molecule has 0 unspecified atom stereocenters. The van der Waals surface area contributed by atoms with Crippen LogP contribution in [0.3, 0.4) is 0 Å². The molecule has 9 heavy (non-hydrogen) atoms. The van der Waals surface area contributed by atoms with Crippen LogP contribution >= 0.6 is 0 Å². The van der Waals surface area contributed by atoms with E-state index in [1.807, 2.05) is 0 Å². The molecule has 0 amide bonds. The molecule has 3 nitrogen and oxygen atoms in total. The number of carbonyl (C=O) groups is 1. The van der Waals surface area contributed by atoms with Gasteiger partial charge in [-0.2, -0.15) is 0 Å². The molecule has 0 aliphatic rings. The predicted octanol–water partition coefficient (Wildman–Crippen LogP) is 0.0600. The van der Waals surface area contributed by atoms with Crippen molar-refractivity contribution in [3.05, 3.63) is 0 Å². The van der Waals surface area contributed by atoms with Crippen LogP contribution in [0, 0.1) is 0 Å². The Morgan fingerprint density at radius 3 is 1.00 bits per heavy atom.